The molecule has 1 aliphatic heterocycles. The zero-order valence-corrected chi connectivity index (χ0v) is 9.51. The lowest BCUT2D eigenvalue weighted by atomic mass is 10.1. The summed E-state index contributed by atoms with van der Waals surface area (Å²) in [6.45, 7) is 2.12. The van der Waals surface area contributed by atoms with Gasteiger partial charge in [-0.1, -0.05) is 12.1 Å². The first-order valence-electron chi connectivity index (χ1n) is 5.44. The van der Waals surface area contributed by atoms with E-state index < -0.39 is 12.1 Å². The third-order valence-corrected chi connectivity index (χ3v) is 2.45. The minimum atomic E-state index is -1.18. The van der Waals surface area contributed by atoms with Gasteiger partial charge in [0.1, 0.15) is 0 Å². The summed E-state index contributed by atoms with van der Waals surface area (Å²) in [5, 5.41) is 9.66. The zero-order valence-electron chi connectivity index (χ0n) is 9.51. The van der Waals surface area contributed by atoms with Crippen LogP contribution in [0, 0.1) is 0 Å². The number of esters is 1. The van der Waals surface area contributed by atoms with Gasteiger partial charge in [0, 0.05) is 12.0 Å². The molecule has 0 fully saturated rings. The number of ether oxygens (including phenoxy) is 3. The second-order valence-corrected chi connectivity index (χ2v) is 3.62. The highest BCUT2D eigenvalue weighted by Gasteiger charge is 2.22. The predicted octanol–water partition coefficient (Wildman–Crippen LogP) is 0.882. The number of benzene rings is 1. The molecule has 5 nitrogen and oxygen atoms in total. The van der Waals surface area contributed by atoms with Crippen LogP contribution in [0.5, 0.6) is 11.5 Å². The Balaban J connectivity index is 2.09. The predicted molar refractivity (Wildman–Crippen MR) is 58.9 cm³/mol. The van der Waals surface area contributed by atoms with Gasteiger partial charge < -0.3 is 19.3 Å². The van der Waals surface area contributed by atoms with Crippen LogP contribution < -0.4 is 9.47 Å². The molecule has 1 aliphatic rings. The first kappa shape index (κ1) is 11.7. The van der Waals surface area contributed by atoms with Crippen LogP contribution >= 0.6 is 0 Å². The number of carbonyl (C=O) groups is 1. The maximum absolute atomic E-state index is 11.3. The van der Waals surface area contributed by atoms with E-state index in [9.17, 15) is 9.90 Å². The molecule has 1 aromatic rings. The summed E-state index contributed by atoms with van der Waals surface area (Å²) in [6.07, 6.45) is -1.02. The van der Waals surface area contributed by atoms with E-state index in [1.807, 2.05) is 0 Å². The van der Waals surface area contributed by atoms with E-state index in [1.165, 1.54) is 0 Å². The van der Waals surface area contributed by atoms with Gasteiger partial charge in [-0.15, -0.1) is 0 Å². The molecule has 1 atom stereocenters. The van der Waals surface area contributed by atoms with E-state index in [1.54, 1.807) is 25.1 Å². The lowest BCUT2D eigenvalue weighted by Gasteiger charge is -2.11. The molecule has 92 valence electrons. The molecule has 1 N–H and O–H groups in total. The fourth-order valence-electron chi connectivity index (χ4n) is 1.68. The molecule has 0 saturated carbocycles. The van der Waals surface area contributed by atoms with Gasteiger partial charge in [-0.05, 0) is 13.0 Å². The number of fused-ring (bicyclic) bond motifs is 1. The Hall–Kier alpha value is -1.75. The highest BCUT2D eigenvalue weighted by atomic mass is 16.7. The minimum absolute atomic E-state index is 0.158. The number of hydrogen-bond donors (Lipinski definition) is 1. The topological polar surface area (TPSA) is 65.0 Å². The second kappa shape index (κ2) is 5.05. The van der Waals surface area contributed by atoms with Gasteiger partial charge in [0.25, 0.3) is 0 Å². The van der Waals surface area contributed by atoms with E-state index in [4.69, 9.17) is 14.2 Å². The van der Waals surface area contributed by atoms with E-state index in [0.29, 0.717) is 11.5 Å². The lowest BCUT2D eigenvalue weighted by molar-refractivity contribution is -0.152. The van der Waals surface area contributed by atoms with Crippen molar-refractivity contribution in [2.75, 3.05) is 13.4 Å². The molecule has 17 heavy (non-hydrogen) atoms. The van der Waals surface area contributed by atoms with Crippen LogP contribution in [0.25, 0.3) is 0 Å². The normalized spacial score (nSPS) is 14.5. The van der Waals surface area contributed by atoms with Crippen molar-refractivity contribution in [3.63, 3.8) is 0 Å². The molecule has 0 amide bonds. The van der Waals surface area contributed by atoms with Gasteiger partial charge in [0.2, 0.25) is 6.79 Å². The molecule has 0 aromatic heterocycles. The Morgan fingerprint density at radius 3 is 3.12 bits per heavy atom. The zero-order chi connectivity index (χ0) is 12.3. The van der Waals surface area contributed by atoms with Gasteiger partial charge in [-0.3, -0.25) is 0 Å². The molecule has 5 heteroatoms. The number of rotatable bonds is 4. The van der Waals surface area contributed by atoms with Crippen molar-refractivity contribution in [3.8, 4) is 11.5 Å². The number of para-hydroxylation sites is 1. The van der Waals surface area contributed by atoms with Crippen molar-refractivity contribution in [2.45, 2.75) is 19.4 Å². The average Bonchev–Trinajstić information content (AvgIpc) is 2.78. The quantitative estimate of drug-likeness (QED) is 0.789. The standard InChI is InChI=1S/C12H14O5/c1-2-15-12(14)9(13)6-8-4-3-5-10-11(8)17-7-16-10/h3-5,9,13H,2,6-7H2,1H3/t9-/m0/s1. The molecule has 2 rings (SSSR count). The number of aliphatic hydroxyl groups excluding tert-OH is 1. The molecular formula is C12H14O5. The molecule has 0 spiro atoms. The molecule has 0 saturated heterocycles. The summed E-state index contributed by atoms with van der Waals surface area (Å²) in [6, 6.07) is 5.36. The molecule has 0 unspecified atom stereocenters. The summed E-state index contributed by atoms with van der Waals surface area (Å²) in [5.74, 6) is 0.610. The molecular weight excluding hydrogens is 224 g/mol. The first-order chi connectivity index (χ1) is 8.22. The van der Waals surface area contributed by atoms with E-state index in [-0.39, 0.29) is 19.8 Å². The van der Waals surface area contributed by atoms with Crippen LogP contribution in [0.4, 0.5) is 0 Å². The highest BCUT2D eigenvalue weighted by Crippen LogP contribution is 2.35. The van der Waals surface area contributed by atoms with Crippen LogP contribution in [0.3, 0.4) is 0 Å². The van der Waals surface area contributed by atoms with Crippen molar-refractivity contribution in [3.05, 3.63) is 23.8 Å². The summed E-state index contributed by atoms with van der Waals surface area (Å²) >= 11 is 0. The SMILES string of the molecule is CCOC(=O)[C@@H](O)Cc1cccc2c1OCO2. The molecule has 1 aromatic carbocycles. The van der Waals surface area contributed by atoms with Gasteiger partial charge in [0.05, 0.1) is 6.61 Å². The van der Waals surface area contributed by atoms with Crippen molar-refractivity contribution in [1.29, 1.82) is 0 Å². The largest absolute Gasteiger partial charge is 0.464 e. The van der Waals surface area contributed by atoms with Crippen molar-refractivity contribution >= 4 is 5.97 Å². The summed E-state index contributed by atoms with van der Waals surface area (Å²) < 4.78 is 15.2. The monoisotopic (exact) mass is 238 g/mol. The highest BCUT2D eigenvalue weighted by molar-refractivity contribution is 5.75. The Bertz CT molecular complexity index is 415. The number of aliphatic hydroxyl groups is 1. The average molecular weight is 238 g/mol. The molecule has 0 aliphatic carbocycles. The molecule has 0 bridgehead atoms. The second-order valence-electron chi connectivity index (χ2n) is 3.62. The lowest BCUT2D eigenvalue weighted by Crippen LogP contribution is -2.25. The van der Waals surface area contributed by atoms with Gasteiger partial charge in [-0.2, -0.15) is 0 Å². The molecule has 1 heterocycles. The summed E-state index contributed by atoms with van der Waals surface area (Å²) in [5.41, 5.74) is 0.737. The Kier molecular flexibility index (Phi) is 3.49. The van der Waals surface area contributed by atoms with Gasteiger partial charge in [0.15, 0.2) is 17.6 Å². The Morgan fingerprint density at radius 1 is 1.53 bits per heavy atom. The maximum atomic E-state index is 11.3. The van der Waals surface area contributed by atoms with Gasteiger partial charge >= 0.3 is 5.97 Å². The maximum Gasteiger partial charge on any atom is 0.335 e. The van der Waals surface area contributed by atoms with Crippen LogP contribution in [0.2, 0.25) is 0 Å². The Morgan fingerprint density at radius 2 is 2.35 bits per heavy atom. The van der Waals surface area contributed by atoms with E-state index in [2.05, 4.69) is 0 Å². The summed E-state index contributed by atoms with van der Waals surface area (Å²) in [4.78, 5) is 11.3. The summed E-state index contributed by atoms with van der Waals surface area (Å²) in [7, 11) is 0. The fraction of sp³-hybridized carbons (Fsp3) is 0.417. The van der Waals surface area contributed by atoms with E-state index >= 15 is 0 Å². The van der Waals surface area contributed by atoms with Gasteiger partial charge in [-0.25, -0.2) is 4.79 Å². The third-order valence-electron chi connectivity index (χ3n) is 2.45. The van der Waals surface area contributed by atoms with Crippen LogP contribution in [-0.2, 0) is 16.0 Å². The smallest absolute Gasteiger partial charge is 0.335 e. The number of carbonyl (C=O) groups excluding carboxylic acids is 1. The van der Waals surface area contributed by atoms with Crippen molar-refractivity contribution in [2.24, 2.45) is 0 Å². The van der Waals surface area contributed by atoms with Crippen LogP contribution in [-0.4, -0.2) is 30.6 Å². The number of hydrogen-bond acceptors (Lipinski definition) is 5. The van der Waals surface area contributed by atoms with E-state index in [0.717, 1.165) is 5.56 Å². The van der Waals surface area contributed by atoms with Crippen LogP contribution in [0.15, 0.2) is 18.2 Å². The third kappa shape index (κ3) is 2.50. The van der Waals surface area contributed by atoms with Crippen molar-refractivity contribution < 1.29 is 24.1 Å². The first-order valence-corrected chi connectivity index (χ1v) is 5.44. The minimum Gasteiger partial charge on any atom is -0.464 e. The fourth-order valence-corrected chi connectivity index (χ4v) is 1.68. The molecule has 0 radical (unpaired) electrons. The van der Waals surface area contributed by atoms with Crippen molar-refractivity contribution in [1.82, 2.24) is 0 Å². The Labute approximate surface area is 98.9 Å². The van der Waals surface area contributed by atoms with Crippen LogP contribution in [0.1, 0.15) is 12.5 Å².